The maximum atomic E-state index is 5.57. The van der Waals surface area contributed by atoms with Crippen molar-refractivity contribution in [2.45, 2.75) is 20.4 Å². The molecule has 1 heterocycles. The van der Waals surface area contributed by atoms with E-state index in [1.54, 1.807) is 14.2 Å². The molecule has 0 spiro atoms. The molecule has 0 N–H and O–H groups in total. The van der Waals surface area contributed by atoms with Crippen molar-refractivity contribution in [2.24, 2.45) is 0 Å². The van der Waals surface area contributed by atoms with Gasteiger partial charge < -0.3 is 14.4 Å². The summed E-state index contributed by atoms with van der Waals surface area (Å²) in [6, 6.07) is 12.7. The third-order valence-electron chi connectivity index (χ3n) is 5.17. The minimum atomic E-state index is 0.800. The van der Waals surface area contributed by atoms with Gasteiger partial charge in [-0.3, -0.25) is 4.90 Å². The normalized spacial score (nSPS) is 15.3. The van der Waals surface area contributed by atoms with E-state index in [0.717, 1.165) is 44.2 Å². The number of para-hydroxylation sites is 1. The first-order chi connectivity index (χ1) is 12.1. The third kappa shape index (κ3) is 3.74. The van der Waals surface area contributed by atoms with Crippen molar-refractivity contribution in [3.63, 3.8) is 0 Å². The van der Waals surface area contributed by atoms with Crippen molar-refractivity contribution in [2.75, 3.05) is 45.3 Å². The monoisotopic (exact) mass is 340 g/mol. The number of nitrogens with zero attached hydrogens (tertiary/aromatic N) is 2. The fourth-order valence-corrected chi connectivity index (χ4v) is 3.54. The molecule has 134 valence electrons. The lowest BCUT2D eigenvalue weighted by atomic mass is 10.1. The summed E-state index contributed by atoms with van der Waals surface area (Å²) >= 11 is 0. The van der Waals surface area contributed by atoms with Gasteiger partial charge >= 0.3 is 0 Å². The van der Waals surface area contributed by atoms with Gasteiger partial charge in [0.15, 0.2) is 11.5 Å². The second-order valence-electron chi connectivity index (χ2n) is 6.63. The Balaban J connectivity index is 1.66. The van der Waals surface area contributed by atoms with Gasteiger partial charge in [0.2, 0.25) is 0 Å². The maximum absolute atomic E-state index is 5.57. The molecule has 1 fully saturated rings. The van der Waals surface area contributed by atoms with Gasteiger partial charge in [0.1, 0.15) is 0 Å². The van der Waals surface area contributed by atoms with E-state index in [1.807, 2.05) is 12.1 Å². The molecule has 1 aliphatic heterocycles. The van der Waals surface area contributed by atoms with Crippen LogP contribution in [0.5, 0.6) is 11.5 Å². The van der Waals surface area contributed by atoms with Gasteiger partial charge in [0, 0.05) is 44.0 Å². The van der Waals surface area contributed by atoms with Crippen molar-refractivity contribution >= 4 is 5.69 Å². The first-order valence-electron chi connectivity index (χ1n) is 8.87. The van der Waals surface area contributed by atoms with E-state index in [0.29, 0.717) is 0 Å². The third-order valence-corrected chi connectivity index (χ3v) is 5.17. The zero-order chi connectivity index (χ0) is 17.8. The first kappa shape index (κ1) is 17.6. The van der Waals surface area contributed by atoms with Gasteiger partial charge in [0.05, 0.1) is 14.2 Å². The molecule has 0 aromatic heterocycles. The van der Waals surface area contributed by atoms with Crippen molar-refractivity contribution < 1.29 is 9.47 Å². The van der Waals surface area contributed by atoms with Gasteiger partial charge in [0.25, 0.3) is 0 Å². The summed E-state index contributed by atoms with van der Waals surface area (Å²) in [7, 11) is 3.39. The molecule has 1 aliphatic rings. The molecule has 4 nitrogen and oxygen atoms in total. The standard InChI is InChI=1S/C21H28N2O2/c1-16-7-5-9-19(17(16)2)23-13-11-22(12-14-23)15-18-8-6-10-20(24-3)21(18)25-4/h5-10H,11-15H2,1-4H3. The number of hydrogen-bond donors (Lipinski definition) is 0. The lowest BCUT2D eigenvalue weighted by Gasteiger charge is -2.37. The van der Waals surface area contributed by atoms with Gasteiger partial charge in [-0.2, -0.15) is 0 Å². The van der Waals surface area contributed by atoms with E-state index in [9.17, 15) is 0 Å². The summed E-state index contributed by atoms with van der Waals surface area (Å²) in [4.78, 5) is 4.99. The van der Waals surface area contributed by atoms with Crippen molar-refractivity contribution in [1.82, 2.24) is 4.90 Å². The molecule has 0 saturated carbocycles. The Hall–Kier alpha value is -2.20. The van der Waals surface area contributed by atoms with Crippen LogP contribution in [0.2, 0.25) is 0 Å². The number of rotatable bonds is 5. The largest absolute Gasteiger partial charge is 0.493 e. The summed E-state index contributed by atoms with van der Waals surface area (Å²) in [5.41, 5.74) is 5.31. The SMILES string of the molecule is COc1cccc(CN2CCN(c3cccc(C)c3C)CC2)c1OC. The van der Waals surface area contributed by atoms with Gasteiger partial charge in [-0.05, 0) is 37.1 Å². The smallest absolute Gasteiger partial charge is 0.165 e. The first-order valence-corrected chi connectivity index (χ1v) is 8.87. The molecule has 2 aromatic rings. The summed E-state index contributed by atoms with van der Waals surface area (Å²) in [5.74, 6) is 1.65. The van der Waals surface area contributed by atoms with Crippen molar-refractivity contribution in [3.8, 4) is 11.5 Å². The summed E-state index contributed by atoms with van der Waals surface area (Å²) in [6.45, 7) is 9.50. The molecule has 4 heteroatoms. The Morgan fingerprint density at radius 1 is 0.880 bits per heavy atom. The van der Waals surface area contributed by atoms with Crippen LogP contribution in [0, 0.1) is 13.8 Å². The van der Waals surface area contributed by atoms with Crippen LogP contribution in [0.4, 0.5) is 5.69 Å². The minimum absolute atomic E-state index is 0.800. The highest BCUT2D eigenvalue weighted by Crippen LogP contribution is 2.32. The Morgan fingerprint density at radius 2 is 1.60 bits per heavy atom. The molecular weight excluding hydrogens is 312 g/mol. The molecule has 0 atom stereocenters. The molecule has 0 unspecified atom stereocenters. The van der Waals surface area contributed by atoms with E-state index in [2.05, 4.69) is 47.9 Å². The molecular formula is C21H28N2O2. The fourth-order valence-electron chi connectivity index (χ4n) is 3.54. The number of anilines is 1. The number of hydrogen-bond acceptors (Lipinski definition) is 4. The number of aryl methyl sites for hydroxylation is 1. The predicted octanol–water partition coefficient (Wildman–Crippen LogP) is 3.64. The van der Waals surface area contributed by atoms with Crippen LogP contribution in [-0.2, 0) is 6.54 Å². The second kappa shape index (κ2) is 7.79. The zero-order valence-corrected chi connectivity index (χ0v) is 15.7. The van der Waals surface area contributed by atoms with Crippen LogP contribution in [0.15, 0.2) is 36.4 Å². The van der Waals surface area contributed by atoms with Crippen LogP contribution < -0.4 is 14.4 Å². The van der Waals surface area contributed by atoms with Crippen LogP contribution >= 0.6 is 0 Å². The van der Waals surface area contributed by atoms with E-state index < -0.39 is 0 Å². The Kier molecular flexibility index (Phi) is 5.49. The highest BCUT2D eigenvalue weighted by molar-refractivity contribution is 5.56. The van der Waals surface area contributed by atoms with Crippen LogP contribution in [0.25, 0.3) is 0 Å². The fraction of sp³-hybridized carbons (Fsp3) is 0.429. The lowest BCUT2D eigenvalue weighted by Crippen LogP contribution is -2.46. The van der Waals surface area contributed by atoms with Crippen molar-refractivity contribution in [1.29, 1.82) is 0 Å². The average Bonchev–Trinajstić information content (AvgIpc) is 2.64. The quantitative estimate of drug-likeness (QED) is 0.830. The molecule has 25 heavy (non-hydrogen) atoms. The Morgan fingerprint density at radius 3 is 2.28 bits per heavy atom. The number of methoxy groups -OCH3 is 2. The van der Waals surface area contributed by atoms with E-state index >= 15 is 0 Å². The van der Waals surface area contributed by atoms with Gasteiger partial charge in [-0.1, -0.05) is 24.3 Å². The van der Waals surface area contributed by atoms with Gasteiger partial charge in [-0.25, -0.2) is 0 Å². The van der Waals surface area contributed by atoms with Crippen LogP contribution in [0.1, 0.15) is 16.7 Å². The predicted molar refractivity (Wildman–Crippen MR) is 103 cm³/mol. The number of benzene rings is 2. The molecule has 0 aliphatic carbocycles. The molecule has 2 aromatic carbocycles. The highest BCUT2D eigenvalue weighted by Gasteiger charge is 2.20. The Bertz CT molecular complexity index is 722. The van der Waals surface area contributed by atoms with E-state index in [4.69, 9.17) is 9.47 Å². The molecule has 0 radical (unpaired) electrons. The lowest BCUT2D eigenvalue weighted by molar-refractivity contribution is 0.244. The molecule has 3 rings (SSSR count). The number of piperazine rings is 1. The molecule has 0 amide bonds. The van der Waals surface area contributed by atoms with Crippen LogP contribution in [-0.4, -0.2) is 45.3 Å². The summed E-state index contributed by atoms with van der Waals surface area (Å²) in [6.07, 6.45) is 0. The molecule has 1 saturated heterocycles. The highest BCUT2D eigenvalue weighted by atomic mass is 16.5. The second-order valence-corrected chi connectivity index (χ2v) is 6.63. The molecule has 0 bridgehead atoms. The van der Waals surface area contributed by atoms with Crippen molar-refractivity contribution in [3.05, 3.63) is 53.1 Å². The minimum Gasteiger partial charge on any atom is -0.493 e. The van der Waals surface area contributed by atoms with Crippen LogP contribution in [0.3, 0.4) is 0 Å². The van der Waals surface area contributed by atoms with E-state index in [1.165, 1.54) is 22.4 Å². The maximum Gasteiger partial charge on any atom is 0.165 e. The van der Waals surface area contributed by atoms with Gasteiger partial charge in [-0.15, -0.1) is 0 Å². The Labute approximate surface area is 151 Å². The number of ether oxygens (including phenoxy) is 2. The summed E-state index contributed by atoms with van der Waals surface area (Å²) < 4.78 is 11.0. The van der Waals surface area contributed by atoms with E-state index in [-0.39, 0.29) is 0 Å². The topological polar surface area (TPSA) is 24.9 Å². The average molecular weight is 340 g/mol. The zero-order valence-electron chi connectivity index (χ0n) is 15.7. The summed E-state index contributed by atoms with van der Waals surface area (Å²) in [5, 5.41) is 0.